The molecule has 0 spiro atoms. The number of aliphatic carboxylic acids is 1. The molecular weight excluding hydrogens is 302 g/mol. The van der Waals surface area contributed by atoms with Gasteiger partial charge in [-0.2, -0.15) is 0 Å². The van der Waals surface area contributed by atoms with Gasteiger partial charge in [-0.05, 0) is 28.1 Å². The highest BCUT2D eigenvalue weighted by molar-refractivity contribution is 9.10. The molecule has 1 amide bonds. The molecule has 1 aromatic carbocycles. The number of ketones is 1. The molecule has 1 N–H and O–H groups in total. The lowest BCUT2D eigenvalue weighted by Crippen LogP contribution is -2.30. The number of amides is 1. The predicted octanol–water partition coefficient (Wildman–Crippen LogP) is 1.62. The average Bonchev–Trinajstić information content (AvgIpc) is 2.55. The third-order valence-corrected chi connectivity index (χ3v) is 3.13. The van der Waals surface area contributed by atoms with Crippen molar-refractivity contribution in [3.63, 3.8) is 0 Å². The first kappa shape index (κ1) is 12.5. The van der Waals surface area contributed by atoms with Crippen molar-refractivity contribution in [3.05, 3.63) is 40.4 Å². The number of carboxylic acid groups (broad SMARTS) is 1. The molecule has 0 atom stereocenters. The van der Waals surface area contributed by atoms with E-state index in [1.54, 1.807) is 18.2 Å². The summed E-state index contributed by atoms with van der Waals surface area (Å²) >= 11 is 3.28. The highest BCUT2D eigenvalue weighted by atomic mass is 79.9. The highest BCUT2D eigenvalue weighted by Crippen LogP contribution is 2.35. The van der Waals surface area contributed by atoms with Crippen LogP contribution in [0.25, 0.3) is 0 Å². The van der Waals surface area contributed by atoms with E-state index < -0.39 is 17.7 Å². The molecular formula is C12H8BrNO4. The Morgan fingerprint density at radius 2 is 2.11 bits per heavy atom. The van der Waals surface area contributed by atoms with E-state index in [4.69, 9.17) is 5.11 Å². The molecule has 0 bridgehead atoms. The monoisotopic (exact) mass is 309 g/mol. The normalized spacial score (nSPS) is 14.4. The van der Waals surface area contributed by atoms with Crippen LogP contribution in [0.4, 0.5) is 5.69 Å². The van der Waals surface area contributed by atoms with E-state index in [0.29, 0.717) is 15.7 Å². The maximum Gasteiger partial charge on any atom is 0.328 e. The molecule has 92 valence electrons. The number of rotatable bonds is 3. The topological polar surface area (TPSA) is 74.7 Å². The number of carbonyl (C=O) groups excluding carboxylic acids is 2. The Labute approximate surface area is 111 Å². The van der Waals surface area contributed by atoms with E-state index >= 15 is 0 Å². The zero-order chi connectivity index (χ0) is 13.3. The summed E-state index contributed by atoms with van der Waals surface area (Å²) in [7, 11) is 0. The van der Waals surface area contributed by atoms with E-state index in [9.17, 15) is 14.4 Å². The van der Waals surface area contributed by atoms with Gasteiger partial charge in [-0.25, -0.2) is 4.79 Å². The second kappa shape index (κ2) is 4.73. The van der Waals surface area contributed by atoms with Crippen molar-refractivity contribution in [3.8, 4) is 0 Å². The van der Waals surface area contributed by atoms with Crippen LogP contribution in [-0.2, 0) is 9.59 Å². The van der Waals surface area contributed by atoms with Gasteiger partial charge in [0, 0.05) is 17.1 Å². The van der Waals surface area contributed by atoms with Gasteiger partial charge in [0.1, 0.15) is 0 Å². The number of carboxylic acids is 1. The summed E-state index contributed by atoms with van der Waals surface area (Å²) in [4.78, 5) is 35.1. The number of hydrogen-bond donors (Lipinski definition) is 1. The standard InChI is InChI=1S/C12H8BrNO4/c13-8-4-1-3-7-10(8)14(12(18)11(7)17)6-2-5-9(15)16/h1-5H,6H2,(H,15,16)/b5-2+. The number of para-hydroxylation sites is 1. The summed E-state index contributed by atoms with van der Waals surface area (Å²) in [5.41, 5.74) is 0.820. The molecule has 0 saturated carbocycles. The first-order valence-corrected chi connectivity index (χ1v) is 5.86. The number of Topliss-reactive ketones (excluding diaryl/α,β-unsaturated/α-hetero) is 1. The van der Waals surface area contributed by atoms with Crippen LogP contribution >= 0.6 is 15.9 Å². The van der Waals surface area contributed by atoms with E-state index in [0.717, 1.165) is 6.08 Å². The first-order chi connectivity index (χ1) is 8.52. The van der Waals surface area contributed by atoms with Crippen molar-refractivity contribution in [2.75, 3.05) is 11.4 Å². The zero-order valence-corrected chi connectivity index (χ0v) is 10.7. The van der Waals surface area contributed by atoms with Crippen molar-refractivity contribution in [2.24, 2.45) is 0 Å². The molecule has 5 nitrogen and oxygen atoms in total. The fraction of sp³-hybridized carbons (Fsp3) is 0.0833. The van der Waals surface area contributed by atoms with Crippen molar-refractivity contribution in [1.82, 2.24) is 0 Å². The number of benzene rings is 1. The number of anilines is 1. The molecule has 0 unspecified atom stereocenters. The Bertz CT molecular complexity index is 579. The number of nitrogens with zero attached hydrogens (tertiary/aromatic N) is 1. The summed E-state index contributed by atoms with van der Waals surface area (Å²) in [6, 6.07) is 4.96. The third-order valence-electron chi connectivity index (χ3n) is 2.49. The molecule has 0 aromatic heterocycles. The van der Waals surface area contributed by atoms with Crippen LogP contribution in [0.15, 0.2) is 34.8 Å². The summed E-state index contributed by atoms with van der Waals surface area (Å²) in [6.45, 7) is 0.0481. The minimum Gasteiger partial charge on any atom is -0.478 e. The quantitative estimate of drug-likeness (QED) is 0.680. The number of fused-ring (bicyclic) bond motifs is 1. The lowest BCUT2D eigenvalue weighted by molar-refractivity contribution is -0.131. The Morgan fingerprint density at radius 1 is 1.39 bits per heavy atom. The van der Waals surface area contributed by atoms with E-state index in [1.165, 1.54) is 11.0 Å². The van der Waals surface area contributed by atoms with Crippen LogP contribution in [0, 0.1) is 0 Å². The van der Waals surface area contributed by atoms with Gasteiger partial charge in [0.2, 0.25) is 0 Å². The van der Waals surface area contributed by atoms with Gasteiger partial charge in [-0.1, -0.05) is 12.1 Å². The fourth-order valence-electron chi connectivity index (χ4n) is 1.75. The van der Waals surface area contributed by atoms with Gasteiger partial charge in [0.25, 0.3) is 11.7 Å². The molecule has 2 rings (SSSR count). The summed E-state index contributed by atoms with van der Waals surface area (Å²) < 4.78 is 0.628. The second-order valence-electron chi connectivity index (χ2n) is 3.62. The SMILES string of the molecule is O=C(O)/C=C/CN1C(=O)C(=O)c2cccc(Br)c21. The fourth-order valence-corrected chi connectivity index (χ4v) is 2.33. The minimum absolute atomic E-state index is 0.0481. The maximum atomic E-state index is 11.8. The molecule has 1 aliphatic heterocycles. The lowest BCUT2D eigenvalue weighted by Gasteiger charge is -2.15. The second-order valence-corrected chi connectivity index (χ2v) is 4.48. The van der Waals surface area contributed by atoms with Gasteiger partial charge in [-0.3, -0.25) is 14.5 Å². The third kappa shape index (κ3) is 2.06. The van der Waals surface area contributed by atoms with Gasteiger partial charge in [-0.15, -0.1) is 0 Å². The van der Waals surface area contributed by atoms with Crippen LogP contribution in [0.3, 0.4) is 0 Å². The smallest absolute Gasteiger partial charge is 0.328 e. The van der Waals surface area contributed by atoms with Gasteiger partial charge >= 0.3 is 5.97 Å². The van der Waals surface area contributed by atoms with Gasteiger partial charge in [0.15, 0.2) is 0 Å². The number of halogens is 1. The molecule has 1 aromatic rings. The van der Waals surface area contributed by atoms with Crippen molar-refractivity contribution >= 4 is 39.3 Å². The van der Waals surface area contributed by atoms with Crippen molar-refractivity contribution < 1.29 is 19.5 Å². The highest BCUT2D eigenvalue weighted by Gasteiger charge is 2.36. The van der Waals surface area contributed by atoms with Gasteiger partial charge < -0.3 is 5.11 Å². The first-order valence-electron chi connectivity index (χ1n) is 5.06. The summed E-state index contributed by atoms with van der Waals surface area (Å²) in [5.74, 6) is -2.32. The molecule has 18 heavy (non-hydrogen) atoms. The van der Waals surface area contributed by atoms with E-state index in [2.05, 4.69) is 15.9 Å². The van der Waals surface area contributed by atoms with Crippen LogP contribution in [0.1, 0.15) is 10.4 Å². The molecule has 1 aliphatic rings. The zero-order valence-electron chi connectivity index (χ0n) is 9.09. The summed E-state index contributed by atoms with van der Waals surface area (Å²) in [5, 5.41) is 8.49. The Hall–Kier alpha value is -1.95. The predicted molar refractivity (Wildman–Crippen MR) is 67.6 cm³/mol. The summed E-state index contributed by atoms with van der Waals surface area (Å²) in [6.07, 6.45) is 2.26. The molecule has 0 radical (unpaired) electrons. The minimum atomic E-state index is -1.10. The molecule has 6 heteroatoms. The molecule has 0 saturated heterocycles. The Morgan fingerprint density at radius 3 is 2.78 bits per heavy atom. The number of hydrogen-bond acceptors (Lipinski definition) is 3. The van der Waals surface area contributed by atoms with Crippen LogP contribution in [0.5, 0.6) is 0 Å². The van der Waals surface area contributed by atoms with E-state index in [1.807, 2.05) is 0 Å². The van der Waals surface area contributed by atoms with Crippen LogP contribution < -0.4 is 4.90 Å². The van der Waals surface area contributed by atoms with Gasteiger partial charge in [0.05, 0.1) is 11.3 Å². The van der Waals surface area contributed by atoms with E-state index in [-0.39, 0.29) is 6.54 Å². The largest absolute Gasteiger partial charge is 0.478 e. The Kier molecular flexibility index (Phi) is 3.29. The average molecular weight is 310 g/mol. The van der Waals surface area contributed by atoms with Crippen LogP contribution in [0.2, 0.25) is 0 Å². The Balaban J connectivity index is 2.36. The van der Waals surface area contributed by atoms with Crippen molar-refractivity contribution in [1.29, 1.82) is 0 Å². The molecule has 0 aliphatic carbocycles. The molecule has 1 heterocycles. The van der Waals surface area contributed by atoms with Crippen LogP contribution in [-0.4, -0.2) is 29.3 Å². The number of carbonyl (C=O) groups is 3. The van der Waals surface area contributed by atoms with Crippen molar-refractivity contribution in [2.45, 2.75) is 0 Å². The molecule has 0 fully saturated rings. The lowest BCUT2D eigenvalue weighted by atomic mass is 10.1. The maximum absolute atomic E-state index is 11.8.